The van der Waals surface area contributed by atoms with Crippen LogP contribution in [0.1, 0.15) is 23.7 Å². The van der Waals surface area contributed by atoms with Crippen molar-refractivity contribution < 1.29 is 14.3 Å². The monoisotopic (exact) mass is 469 g/mol. The van der Waals surface area contributed by atoms with Crippen molar-refractivity contribution in [2.45, 2.75) is 26.7 Å². The van der Waals surface area contributed by atoms with Gasteiger partial charge in [0, 0.05) is 32.8 Å². The Balaban J connectivity index is 1.47. The van der Waals surface area contributed by atoms with E-state index in [-0.39, 0.29) is 6.42 Å². The fraction of sp³-hybridized carbons (Fsp3) is 0.148. The second-order valence-electron chi connectivity index (χ2n) is 8.02. The second-order valence-corrected chi connectivity index (χ2v) is 9.10. The summed E-state index contributed by atoms with van der Waals surface area (Å²) in [6.07, 6.45) is 2.60. The highest BCUT2D eigenvalue weighted by molar-refractivity contribution is 7.18. The molecule has 0 aliphatic rings. The lowest BCUT2D eigenvalue weighted by Crippen LogP contribution is -2.05. The number of hydrogen-bond acceptors (Lipinski definition) is 6. The van der Waals surface area contributed by atoms with Gasteiger partial charge in [0.15, 0.2) is 5.82 Å². The zero-order chi connectivity index (χ0) is 23.7. The third kappa shape index (κ3) is 4.30. The quantitative estimate of drug-likeness (QED) is 0.271. The van der Waals surface area contributed by atoms with Crippen molar-refractivity contribution in [3.05, 3.63) is 83.7 Å². The summed E-state index contributed by atoms with van der Waals surface area (Å²) in [6, 6.07) is 19.5. The zero-order valence-electron chi connectivity index (χ0n) is 18.8. The molecule has 0 aliphatic heterocycles. The molecular formula is C27H23N3O3S. The van der Waals surface area contributed by atoms with Crippen LogP contribution in [0, 0.1) is 6.92 Å². The lowest BCUT2D eigenvalue weighted by atomic mass is 10.1. The van der Waals surface area contributed by atoms with Crippen molar-refractivity contribution in [2.24, 2.45) is 0 Å². The van der Waals surface area contributed by atoms with Crippen LogP contribution >= 0.6 is 11.3 Å². The topological polar surface area (TPSA) is 88.3 Å². The number of carboxylic acids is 1. The Bertz CT molecular complexity index is 1490. The molecule has 5 aromatic rings. The Kier molecular flexibility index (Phi) is 5.86. The summed E-state index contributed by atoms with van der Waals surface area (Å²) in [7, 11) is 0. The molecule has 34 heavy (non-hydrogen) atoms. The molecular weight excluding hydrogens is 446 g/mol. The van der Waals surface area contributed by atoms with Crippen LogP contribution < -0.4 is 5.32 Å². The Morgan fingerprint density at radius 3 is 2.56 bits per heavy atom. The molecule has 5 rings (SSSR count). The lowest BCUT2D eigenvalue weighted by molar-refractivity contribution is -0.136. The highest BCUT2D eigenvalue weighted by atomic mass is 32.1. The fourth-order valence-corrected chi connectivity index (χ4v) is 4.98. The van der Waals surface area contributed by atoms with Gasteiger partial charge in [0.2, 0.25) is 0 Å². The highest BCUT2D eigenvalue weighted by Gasteiger charge is 2.16. The molecule has 0 saturated carbocycles. The minimum absolute atomic E-state index is 0.00388. The second kappa shape index (κ2) is 9.11. The van der Waals surface area contributed by atoms with Gasteiger partial charge in [-0.05, 0) is 49.2 Å². The number of thiophene rings is 1. The summed E-state index contributed by atoms with van der Waals surface area (Å²) in [5.41, 5.74) is 5.52. The van der Waals surface area contributed by atoms with E-state index in [9.17, 15) is 4.79 Å². The summed E-state index contributed by atoms with van der Waals surface area (Å²) in [4.78, 5) is 22.7. The SMILES string of the molecule is CCc1c(C)nc(-c2ccc(-c3coc4ccccc34)s2)nc1Nc1ccc(CC(=O)O)cc1. The number of rotatable bonds is 7. The van der Waals surface area contributed by atoms with Crippen LogP contribution in [0.2, 0.25) is 0 Å². The average Bonchev–Trinajstić information content (AvgIpc) is 3.47. The first kappa shape index (κ1) is 21.9. The molecule has 6 nitrogen and oxygen atoms in total. The zero-order valence-corrected chi connectivity index (χ0v) is 19.6. The molecule has 0 bridgehead atoms. The van der Waals surface area contributed by atoms with E-state index in [0.717, 1.165) is 61.0 Å². The molecule has 3 heterocycles. The Hall–Kier alpha value is -3.97. The van der Waals surface area contributed by atoms with Gasteiger partial charge in [-0.2, -0.15) is 0 Å². The number of aliphatic carboxylic acids is 1. The van der Waals surface area contributed by atoms with E-state index >= 15 is 0 Å². The van der Waals surface area contributed by atoms with Gasteiger partial charge in [0.1, 0.15) is 17.7 Å². The molecule has 0 radical (unpaired) electrons. The number of anilines is 2. The molecule has 170 valence electrons. The van der Waals surface area contributed by atoms with Crippen LogP contribution in [0.25, 0.3) is 32.1 Å². The molecule has 0 fully saturated rings. The first-order valence-electron chi connectivity index (χ1n) is 11.0. The van der Waals surface area contributed by atoms with Crippen LogP contribution in [0.3, 0.4) is 0 Å². The molecule has 2 N–H and O–H groups in total. The van der Waals surface area contributed by atoms with Crippen LogP contribution in [-0.2, 0) is 17.6 Å². The number of aryl methyl sites for hydroxylation is 1. The Morgan fingerprint density at radius 1 is 1.03 bits per heavy atom. The molecule has 0 unspecified atom stereocenters. The molecule has 0 aliphatic carbocycles. The summed E-state index contributed by atoms with van der Waals surface area (Å²) in [5.74, 6) is 0.590. The predicted molar refractivity (Wildman–Crippen MR) is 136 cm³/mol. The van der Waals surface area contributed by atoms with Crippen molar-refractivity contribution in [2.75, 3.05) is 5.32 Å². The van der Waals surface area contributed by atoms with Crippen molar-refractivity contribution in [1.82, 2.24) is 9.97 Å². The number of carbonyl (C=O) groups is 1. The summed E-state index contributed by atoms with van der Waals surface area (Å²) < 4.78 is 5.72. The van der Waals surface area contributed by atoms with Crippen LogP contribution in [0.15, 0.2) is 71.3 Å². The minimum Gasteiger partial charge on any atom is -0.481 e. The Labute approximate surface area is 200 Å². The minimum atomic E-state index is -0.844. The molecule has 0 atom stereocenters. The van der Waals surface area contributed by atoms with Crippen LogP contribution in [-0.4, -0.2) is 21.0 Å². The number of nitrogens with zero attached hydrogens (tertiary/aromatic N) is 2. The molecule has 0 spiro atoms. The van der Waals surface area contributed by atoms with E-state index in [1.165, 1.54) is 0 Å². The fourth-order valence-electron chi connectivity index (χ4n) is 4.02. The average molecular weight is 470 g/mol. The van der Waals surface area contributed by atoms with Crippen molar-refractivity contribution >= 4 is 39.8 Å². The van der Waals surface area contributed by atoms with Crippen molar-refractivity contribution in [3.8, 4) is 21.1 Å². The van der Waals surface area contributed by atoms with E-state index in [1.54, 1.807) is 17.6 Å². The normalized spacial score (nSPS) is 11.1. The Morgan fingerprint density at radius 2 is 1.79 bits per heavy atom. The third-order valence-corrected chi connectivity index (χ3v) is 6.83. The van der Waals surface area contributed by atoms with Gasteiger partial charge in [-0.15, -0.1) is 11.3 Å². The van der Waals surface area contributed by atoms with E-state index in [2.05, 4.69) is 24.4 Å². The molecule has 3 aromatic heterocycles. The van der Waals surface area contributed by atoms with Gasteiger partial charge in [0.05, 0.1) is 11.3 Å². The van der Waals surface area contributed by atoms with Gasteiger partial charge in [-0.25, -0.2) is 9.97 Å². The molecule has 0 saturated heterocycles. The number of carboxylic acid groups (broad SMARTS) is 1. The number of para-hydroxylation sites is 1. The van der Waals surface area contributed by atoms with E-state index in [0.29, 0.717) is 5.82 Å². The van der Waals surface area contributed by atoms with Crippen molar-refractivity contribution in [1.29, 1.82) is 0 Å². The maximum absolute atomic E-state index is 10.9. The van der Waals surface area contributed by atoms with Gasteiger partial charge in [-0.3, -0.25) is 4.79 Å². The van der Waals surface area contributed by atoms with Crippen molar-refractivity contribution in [3.63, 3.8) is 0 Å². The first-order chi connectivity index (χ1) is 16.5. The summed E-state index contributed by atoms with van der Waals surface area (Å²) >= 11 is 1.63. The molecule has 0 amide bonds. The number of fused-ring (bicyclic) bond motifs is 1. The van der Waals surface area contributed by atoms with Crippen LogP contribution in [0.4, 0.5) is 11.5 Å². The van der Waals surface area contributed by atoms with Gasteiger partial charge in [0.25, 0.3) is 0 Å². The van der Waals surface area contributed by atoms with Gasteiger partial charge < -0.3 is 14.8 Å². The molecule has 2 aromatic carbocycles. The number of hydrogen-bond donors (Lipinski definition) is 2. The largest absolute Gasteiger partial charge is 0.481 e. The number of furan rings is 1. The smallest absolute Gasteiger partial charge is 0.307 e. The maximum Gasteiger partial charge on any atom is 0.307 e. The third-order valence-electron chi connectivity index (χ3n) is 5.71. The number of benzene rings is 2. The van der Waals surface area contributed by atoms with E-state index in [1.807, 2.05) is 55.5 Å². The van der Waals surface area contributed by atoms with E-state index in [4.69, 9.17) is 19.5 Å². The van der Waals surface area contributed by atoms with E-state index < -0.39 is 5.97 Å². The first-order valence-corrected chi connectivity index (χ1v) is 11.9. The molecule has 7 heteroatoms. The number of nitrogens with one attached hydrogen (secondary N) is 1. The maximum atomic E-state index is 10.9. The lowest BCUT2D eigenvalue weighted by Gasteiger charge is -2.14. The van der Waals surface area contributed by atoms with Gasteiger partial charge in [-0.1, -0.05) is 37.3 Å². The van der Waals surface area contributed by atoms with Gasteiger partial charge >= 0.3 is 5.97 Å². The standard InChI is InChI=1S/C27H23N3O3S/c1-3-19-16(2)28-27(30-26(19)29-18-10-8-17(9-11-18)14-25(31)32)24-13-12-23(34-24)21-15-33-22-7-5-4-6-20(21)22/h4-13,15H,3,14H2,1-2H3,(H,31,32)(H,28,29,30). The summed E-state index contributed by atoms with van der Waals surface area (Å²) in [5, 5.41) is 13.5. The van der Waals surface area contributed by atoms with Crippen LogP contribution in [0.5, 0.6) is 0 Å². The highest BCUT2D eigenvalue weighted by Crippen LogP contribution is 2.38. The predicted octanol–water partition coefficient (Wildman–Crippen LogP) is 6.86. The summed E-state index contributed by atoms with van der Waals surface area (Å²) in [6.45, 7) is 4.09. The number of aromatic nitrogens is 2.